The highest BCUT2D eigenvalue weighted by Crippen LogP contribution is 2.25. The molecule has 0 saturated carbocycles. The molecular weight excluding hydrogens is 1890 g/mol. The number of nitrogens with zero attached hydrogens (tertiary/aromatic N) is 4. The van der Waals surface area contributed by atoms with Crippen LogP contribution in [-0.2, 0) is 180 Å². The van der Waals surface area contributed by atoms with Crippen LogP contribution in [0.4, 0.5) is 0 Å². The average molecular weight is 2090 g/mol. The van der Waals surface area contributed by atoms with Gasteiger partial charge in [0.25, 0.3) is 0 Å². The number of hydrogen-bond donors (Lipinski definition) is 0. The molecule has 2 unspecified atom stereocenters. The predicted molar refractivity (Wildman–Crippen MR) is 536 cm³/mol. The van der Waals surface area contributed by atoms with Gasteiger partial charge in [0.05, 0.1) is 448 Å². The van der Waals surface area contributed by atoms with E-state index in [0.717, 1.165) is 90.3 Å². The molecule has 0 aromatic carbocycles. The van der Waals surface area contributed by atoms with E-state index in [-0.39, 0.29) is 25.7 Å². The van der Waals surface area contributed by atoms with Crippen molar-refractivity contribution in [1.29, 1.82) is 10.5 Å². The van der Waals surface area contributed by atoms with Gasteiger partial charge in [-0.25, -0.2) is 0 Å². The third-order valence-electron chi connectivity index (χ3n) is 20.5. The SMILES string of the molecule is COCCOCCOCCOCCOCCOCCOCCOCCOCCOCCOCCOCCOCCOCCOCCOCCOCCCCCCCCCCCCOC(=O)CCC(C)(C#N)N=NC(C)(C#N)CCC(=O)OCCCCCCCCCCCCOCCOCCOCCOCCOCCOCCOCCOCCOCCOCCOCCOCCOCCOCCOCCOCCOC. The maximum Gasteiger partial charge on any atom is 0.305 e. The molecule has 42 nitrogen and oxygen atoms in total. The molecule has 0 aliphatic rings. The molecule has 0 aliphatic carbocycles. The smallest absolute Gasteiger partial charge is 0.305 e. The Labute approximate surface area is 863 Å². The normalized spacial score (nSPS) is 12.6. The van der Waals surface area contributed by atoms with Crippen molar-refractivity contribution in [1.82, 2.24) is 0 Å². The molecular formula is C102H196N4O38. The Morgan fingerprint density at radius 2 is 0.271 bits per heavy atom. The lowest BCUT2D eigenvalue weighted by Crippen LogP contribution is -2.25. The van der Waals surface area contributed by atoms with Crippen LogP contribution in [0, 0.1) is 22.7 Å². The van der Waals surface area contributed by atoms with Gasteiger partial charge in [-0.2, -0.15) is 20.8 Å². The lowest BCUT2D eigenvalue weighted by Gasteiger charge is -2.19. The van der Waals surface area contributed by atoms with Crippen molar-refractivity contribution >= 4 is 11.9 Å². The number of unbranched alkanes of at least 4 members (excludes halogenated alkanes) is 18. The summed E-state index contributed by atoms with van der Waals surface area (Å²) >= 11 is 0. The summed E-state index contributed by atoms with van der Waals surface area (Å²) in [7, 11) is 3.29. The molecule has 0 fully saturated rings. The topological polar surface area (TPSA) is 439 Å². The van der Waals surface area contributed by atoms with Gasteiger partial charge in [0.1, 0.15) is 0 Å². The van der Waals surface area contributed by atoms with E-state index in [1.54, 1.807) is 28.1 Å². The zero-order valence-corrected chi connectivity index (χ0v) is 89.4. The van der Waals surface area contributed by atoms with Crippen LogP contribution < -0.4 is 0 Å². The number of carbonyl (C=O) groups is 2. The van der Waals surface area contributed by atoms with Crippen LogP contribution in [0.5, 0.6) is 0 Å². The molecule has 0 rings (SSSR count). The largest absolute Gasteiger partial charge is 0.466 e. The predicted octanol–water partition coefficient (Wildman–Crippen LogP) is 10.3. The number of ether oxygens (including phenoxy) is 36. The van der Waals surface area contributed by atoms with Gasteiger partial charge in [-0.15, -0.1) is 0 Å². The molecule has 0 N–H and O–H groups in total. The van der Waals surface area contributed by atoms with Crippen molar-refractivity contribution in [2.75, 3.05) is 463 Å². The molecule has 0 amide bonds. The number of nitriles is 2. The number of rotatable bonds is 130. The molecule has 144 heavy (non-hydrogen) atoms. The third-order valence-corrected chi connectivity index (χ3v) is 20.5. The maximum atomic E-state index is 12.6. The Balaban J connectivity index is 3.43. The van der Waals surface area contributed by atoms with Crippen molar-refractivity contribution < 1.29 is 180 Å². The monoisotopic (exact) mass is 2090 g/mol. The van der Waals surface area contributed by atoms with Gasteiger partial charge in [0, 0.05) is 40.3 Å². The van der Waals surface area contributed by atoms with Crippen molar-refractivity contribution in [3.8, 4) is 12.1 Å². The van der Waals surface area contributed by atoms with E-state index in [4.69, 9.17) is 171 Å². The second-order valence-electron chi connectivity index (χ2n) is 33.1. The summed E-state index contributed by atoms with van der Waals surface area (Å²) < 4.78 is 198. The highest BCUT2D eigenvalue weighted by Gasteiger charge is 2.30. The van der Waals surface area contributed by atoms with Crippen LogP contribution in [0.1, 0.15) is 168 Å². The van der Waals surface area contributed by atoms with E-state index in [1.165, 1.54) is 51.4 Å². The highest BCUT2D eigenvalue weighted by molar-refractivity contribution is 5.70. The van der Waals surface area contributed by atoms with E-state index in [2.05, 4.69) is 22.4 Å². The first-order valence-electron chi connectivity index (χ1n) is 53.3. The second-order valence-corrected chi connectivity index (χ2v) is 33.1. The Morgan fingerprint density at radius 1 is 0.167 bits per heavy atom. The van der Waals surface area contributed by atoms with Crippen LogP contribution in [0.3, 0.4) is 0 Å². The summed E-state index contributed by atoms with van der Waals surface area (Å²) in [5.41, 5.74) is -2.66. The summed E-state index contributed by atoms with van der Waals surface area (Å²) in [6.07, 6.45) is 22.1. The Bertz CT molecular complexity index is 2450. The third kappa shape index (κ3) is 120. The first-order valence-corrected chi connectivity index (χ1v) is 53.3. The Kier molecular flexibility index (Phi) is 121. The fraction of sp³-hybridized carbons (Fsp3) is 0.961. The van der Waals surface area contributed by atoms with Crippen molar-refractivity contribution in [3.05, 3.63) is 0 Å². The molecule has 0 aromatic rings. The van der Waals surface area contributed by atoms with Gasteiger partial charge < -0.3 is 171 Å². The quantitative estimate of drug-likeness (QED) is 0.0310. The highest BCUT2D eigenvalue weighted by atomic mass is 16.6. The lowest BCUT2D eigenvalue weighted by atomic mass is 9.97. The zero-order valence-electron chi connectivity index (χ0n) is 89.4. The van der Waals surface area contributed by atoms with E-state index in [0.29, 0.717) is 436 Å². The molecule has 0 spiro atoms. The molecule has 0 bridgehead atoms. The first kappa shape index (κ1) is 140. The van der Waals surface area contributed by atoms with Gasteiger partial charge in [-0.3, -0.25) is 9.59 Å². The van der Waals surface area contributed by atoms with E-state index < -0.39 is 23.0 Å². The lowest BCUT2D eigenvalue weighted by molar-refractivity contribution is -0.145. The standard InChI is InChI=1S/C102H196N4O38/c1-101(97-103,27-25-99(107)143-31-23-19-15-11-7-5-9-13-17-21-29-111-37-39-115-45-47-119-53-55-123-61-63-127-69-71-131-77-79-135-85-87-139-93-95-141-91-89-137-83-81-133-75-73-129-67-65-125-59-57-121-51-49-117-43-41-113-35-33-109-3)105-106-102(2,98-104)28-26-100(108)144-32-24-20-16-12-8-6-10-14-18-22-30-112-38-40-116-46-48-120-54-56-124-62-64-128-70-72-132-78-80-136-86-88-140-94-96-142-92-90-138-84-82-134-76-74-130-68-66-126-60-58-122-52-50-118-44-42-114-36-34-110-4/h5-96H2,1-4H3. The van der Waals surface area contributed by atoms with Crippen LogP contribution in [0.2, 0.25) is 0 Å². The van der Waals surface area contributed by atoms with E-state index in [1.807, 2.05) is 0 Å². The van der Waals surface area contributed by atoms with E-state index in [9.17, 15) is 20.1 Å². The Hall–Kier alpha value is -3.84. The minimum atomic E-state index is -1.33. The summed E-state index contributed by atoms with van der Waals surface area (Å²) in [4.78, 5) is 25.2. The number of carbonyl (C=O) groups excluding carboxylic acids is 2. The zero-order chi connectivity index (χ0) is 103. The van der Waals surface area contributed by atoms with Crippen LogP contribution in [0.25, 0.3) is 0 Å². The molecule has 0 heterocycles. The minimum Gasteiger partial charge on any atom is -0.466 e. The summed E-state index contributed by atoms with van der Waals surface area (Å²) in [6, 6.07) is 4.25. The molecule has 42 heteroatoms. The van der Waals surface area contributed by atoms with Gasteiger partial charge in [-0.05, 0) is 52.4 Å². The van der Waals surface area contributed by atoms with Gasteiger partial charge in [0.2, 0.25) is 0 Å². The van der Waals surface area contributed by atoms with Gasteiger partial charge in [0.15, 0.2) is 11.1 Å². The molecule has 0 aliphatic heterocycles. The number of esters is 2. The first-order chi connectivity index (χ1) is 71.2. The maximum absolute atomic E-state index is 12.6. The molecule has 0 aromatic heterocycles. The van der Waals surface area contributed by atoms with Crippen LogP contribution >= 0.6 is 0 Å². The van der Waals surface area contributed by atoms with Crippen molar-refractivity contribution in [2.45, 2.75) is 179 Å². The Morgan fingerprint density at radius 3 is 0.389 bits per heavy atom. The number of hydrogen-bond acceptors (Lipinski definition) is 42. The number of methoxy groups -OCH3 is 2. The number of azo groups is 1. The van der Waals surface area contributed by atoms with Crippen LogP contribution in [-0.4, -0.2) is 487 Å². The van der Waals surface area contributed by atoms with Gasteiger partial charge in [-0.1, -0.05) is 103 Å². The fourth-order valence-electron chi connectivity index (χ4n) is 12.2. The van der Waals surface area contributed by atoms with Crippen molar-refractivity contribution in [3.63, 3.8) is 0 Å². The molecule has 2 atom stereocenters. The fourth-order valence-corrected chi connectivity index (χ4v) is 12.2. The molecule has 0 radical (unpaired) electrons. The van der Waals surface area contributed by atoms with Crippen LogP contribution in [0.15, 0.2) is 10.2 Å². The second kappa shape index (κ2) is 124. The molecule has 0 saturated heterocycles. The van der Waals surface area contributed by atoms with Gasteiger partial charge >= 0.3 is 11.9 Å². The van der Waals surface area contributed by atoms with E-state index >= 15 is 0 Å². The summed E-state index contributed by atoms with van der Waals surface area (Å²) in [5, 5.41) is 28.3. The minimum absolute atomic E-state index is 0.00338. The molecule has 852 valence electrons. The summed E-state index contributed by atoms with van der Waals surface area (Å²) in [6.45, 7) is 37.4. The summed E-state index contributed by atoms with van der Waals surface area (Å²) in [5.74, 6) is -0.796. The van der Waals surface area contributed by atoms with Crippen molar-refractivity contribution in [2.24, 2.45) is 10.2 Å². The average Bonchev–Trinajstić information content (AvgIpc) is 0.861.